The second kappa shape index (κ2) is 9.98. The van der Waals surface area contributed by atoms with Gasteiger partial charge >= 0.3 is 6.09 Å². The molecule has 1 aromatic carbocycles. The number of amides is 1. The molecule has 0 radical (unpaired) electrons. The third-order valence-corrected chi connectivity index (χ3v) is 5.35. The number of nitrogens with one attached hydrogen (secondary N) is 1. The summed E-state index contributed by atoms with van der Waals surface area (Å²) in [6, 6.07) is 9.14. The number of likely N-dealkylation sites (tertiary alicyclic amines) is 1. The summed E-state index contributed by atoms with van der Waals surface area (Å²) in [5.74, 6) is 0.903. The molecule has 1 aromatic rings. The van der Waals surface area contributed by atoms with Crippen LogP contribution in [0.4, 0.5) is 4.79 Å². The number of methoxy groups -OCH3 is 1. The molecule has 0 saturated carbocycles. The van der Waals surface area contributed by atoms with Gasteiger partial charge in [0.2, 0.25) is 0 Å². The summed E-state index contributed by atoms with van der Waals surface area (Å²) in [6.07, 6.45) is 11.0. The van der Waals surface area contributed by atoms with Crippen molar-refractivity contribution in [2.24, 2.45) is 0 Å². The maximum Gasteiger partial charge on any atom is 0.410 e. The molecule has 0 unspecified atom stereocenters. The quantitative estimate of drug-likeness (QED) is 0.738. The molecule has 162 valence electrons. The number of hydrogen-bond donors (Lipinski definition) is 1. The van der Waals surface area contributed by atoms with Crippen molar-refractivity contribution in [1.29, 1.82) is 0 Å². The summed E-state index contributed by atoms with van der Waals surface area (Å²) in [5.41, 5.74) is 3.25. The van der Waals surface area contributed by atoms with E-state index in [0.29, 0.717) is 6.04 Å². The van der Waals surface area contributed by atoms with Crippen LogP contribution in [0.2, 0.25) is 0 Å². The largest absolute Gasteiger partial charge is 0.497 e. The van der Waals surface area contributed by atoms with Crippen molar-refractivity contribution in [1.82, 2.24) is 10.2 Å². The molecule has 0 aromatic heterocycles. The Kier molecular flexibility index (Phi) is 7.38. The fourth-order valence-corrected chi connectivity index (χ4v) is 3.65. The minimum atomic E-state index is -0.441. The summed E-state index contributed by atoms with van der Waals surface area (Å²) in [5, 5.41) is 3.64. The first kappa shape index (κ1) is 22.2. The van der Waals surface area contributed by atoms with Crippen LogP contribution >= 0.6 is 0 Å². The van der Waals surface area contributed by atoms with Gasteiger partial charge in [-0.2, -0.15) is 0 Å². The fourth-order valence-electron chi connectivity index (χ4n) is 3.65. The van der Waals surface area contributed by atoms with Gasteiger partial charge in [-0.05, 0) is 68.9 Å². The number of ether oxygens (including phenoxy) is 2. The van der Waals surface area contributed by atoms with E-state index < -0.39 is 5.60 Å². The Hall–Kier alpha value is -2.53. The van der Waals surface area contributed by atoms with Crippen LogP contribution in [0.1, 0.15) is 51.2 Å². The molecular formula is C25H34N2O3. The molecule has 1 aliphatic carbocycles. The second-order valence-electron chi connectivity index (χ2n) is 8.86. The number of carbonyl (C=O) groups excluding carboxylic acids is 1. The highest BCUT2D eigenvalue weighted by Crippen LogP contribution is 2.22. The lowest BCUT2D eigenvalue weighted by molar-refractivity contribution is 0.0198. The number of rotatable bonds is 5. The van der Waals surface area contributed by atoms with E-state index in [1.807, 2.05) is 31.7 Å². The van der Waals surface area contributed by atoms with Gasteiger partial charge in [0, 0.05) is 25.7 Å². The average molecular weight is 411 g/mol. The molecular weight excluding hydrogens is 376 g/mol. The Morgan fingerprint density at radius 3 is 2.43 bits per heavy atom. The molecule has 3 rings (SSSR count). The van der Waals surface area contributed by atoms with E-state index in [1.54, 1.807) is 7.11 Å². The first-order valence-electron chi connectivity index (χ1n) is 10.8. The van der Waals surface area contributed by atoms with Gasteiger partial charge in [-0.25, -0.2) is 4.79 Å². The zero-order chi connectivity index (χ0) is 21.6. The van der Waals surface area contributed by atoms with Crippen LogP contribution in [0.15, 0.2) is 54.3 Å². The van der Waals surface area contributed by atoms with Gasteiger partial charge in [-0.15, -0.1) is 0 Å². The lowest BCUT2D eigenvalue weighted by atomic mass is 10.0. The zero-order valence-corrected chi connectivity index (χ0v) is 18.6. The van der Waals surface area contributed by atoms with Crippen LogP contribution in [0.25, 0.3) is 5.57 Å². The molecule has 1 amide bonds. The number of allylic oxidation sites excluding steroid dienone is 5. The highest BCUT2D eigenvalue weighted by atomic mass is 16.6. The summed E-state index contributed by atoms with van der Waals surface area (Å²) in [6.45, 7) is 8.03. The van der Waals surface area contributed by atoms with Crippen molar-refractivity contribution in [3.8, 4) is 0 Å². The summed E-state index contributed by atoms with van der Waals surface area (Å²) in [7, 11) is 1.70. The van der Waals surface area contributed by atoms with E-state index >= 15 is 0 Å². The number of carbonyl (C=O) groups is 1. The van der Waals surface area contributed by atoms with Gasteiger partial charge in [0.1, 0.15) is 11.4 Å². The molecule has 0 atom stereocenters. The smallest absolute Gasteiger partial charge is 0.410 e. The molecule has 1 fully saturated rings. The molecule has 1 aliphatic heterocycles. The van der Waals surface area contributed by atoms with Crippen molar-refractivity contribution in [3.63, 3.8) is 0 Å². The van der Waals surface area contributed by atoms with Gasteiger partial charge in [-0.3, -0.25) is 0 Å². The van der Waals surface area contributed by atoms with Crippen LogP contribution in [0.3, 0.4) is 0 Å². The Labute approximate surface area is 180 Å². The van der Waals surface area contributed by atoms with Crippen LogP contribution in [0.5, 0.6) is 0 Å². The van der Waals surface area contributed by atoms with E-state index in [1.165, 1.54) is 16.7 Å². The van der Waals surface area contributed by atoms with Gasteiger partial charge in [0.15, 0.2) is 0 Å². The second-order valence-corrected chi connectivity index (χ2v) is 8.86. The minimum Gasteiger partial charge on any atom is -0.497 e. The normalized spacial score (nSPS) is 17.8. The van der Waals surface area contributed by atoms with Crippen molar-refractivity contribution in [3.05, 3.63) is 65.5 Å². The van der Waals surface area contributed by atoms with Crippen LogP contribution in [-0.4, -0.2) is 42.8 Å². The van der Waals surface area contributed by atoms with Crippen LogP contribution < -0.4 is 5.32 Å². The maximum absolute atomic E-state index is 12.2. The van der Waals surface area contributed by atoms with Crippen molar-refractivity contribution < 1.29 is 14.3 Å². The molecule has 1 saturated heterocycles. The molecule has 1 N–H and O–H groups in total. The summed E-state index contributed by atoms with van der Waals surface area (Å²) >= 11 is 0. The first-order chi connectivity index (χ1) is 14.3. The van der Waals surface area contributed by atoms with Crippen LogP contribution in [0, 0.1) is 0 Å². The summed E-state index contributed by atoms with van der Waals surface area (Å²) in [4.78, 5) is 14.0. The molecule has 1 heterocycles. The van der Waals surface area contributed by atoms with Crippen molar-refractivity contribution in [2.45, 2.75) is 58.2 Å². The van der Waals surface area contributed by atoms with E-state index in [2.05, 4.69) is 47.8 Å². The Balaban J connectivity index is 1.45. The third kappa shape index (κ3) is 6.49. The number of hydrogen-bond acceptors (Lipinski definition) is 4. The highest BCUT2D eigenvalue weighted by molar-refractivity contribution is 5.75. The first-order valence-corrected chi connectivity index (χ1v) is 10.8. The SMILES string of the molecule is COC1=CCC=C(c2ccc(CNC3CCN(C(=O)OC(C)(C)C)CC3)cc2)C=C1. The minimum absolute atomic E-state index is 0.203. The Morgan fingerprint density at radius 1 is 1.10 bits per heavy atom. The predicted octanol–water partition coefficient (Wildman–Crippen LogP) is 5.05. The Morgan fingerprint density at radius 2 is 1.80 bits per heavy atom. The Bertz CT molecular complexity index is 808. The zero-order valence-electron chi connectivity index (χ0n) is 18.6. The van der Waals surface area contributed by atoms with Gasteiger partial charge in [-0.1, -0.05) is 36.4 Å². The maximum atomic E-state index is 12.2. The lowest BCUT2D eigenvalue weighted by Crippen LogP contribution is -2.46. The average Bonchev–Trinajstić information content (AvgIpc) is 2.97. The molecule has 30 heavy (non-hydrogen) atoms. The standard InChI is InChI=1S/C25H34N2O3/c1-25(2,3)30-24(28)27-16-14-22(15-17-27)26-18-19-8-10-21(11-9-19)20-6-5-7-23(29-4)13-12-20/h6-13,22,26H,5,14-18H2,1-4H3. The topological polar surface area (TPSA) is 50.8 Å². The number of nitrogens with zero attached hydrogens (tertiary/aromatic N) is 1. The lowest BCUT2D eigenvalue weighted by Gasteiger charge is -2.33. The number of benzene rings is 1. The number of piperidine rings is 1. The summed E-state index contributed by atoms with van der Waals surface area (Å²) < 4.78 is 10.8. The van der Waals surface area contributed by atoms with E-state index in [0.717, 1.165) is 44.7 Å². The van der Waals surface area contributed by atoms with E-state index in [-0.39, 0.29) is 6.09 Å². The van der Waals surface area contributed by atoms with E-state index in [9.17, 15) is 4.79 Å². The molecule has 0 bridgehead atoms. The van der Waals surface area contributed by atoms with Gasteiger partial charge in [0.05, 0.1) is 7.11 Å². The highest BCUT2D eigenvalue weighted by Gasteiger charge is 2.26. The van der Waals surface area contributed by atoms with Crippen molar-refractivity contribution >= 4 is 11.7 Å². The molecule has 0 spiro atoms. The van der Waals surface area contributed by atoms with Gasteiger partial charge in [0.25, 0.3) is 0 Å². The monoisotopic (exact) mass is 410 g/mol. The predicted molar refractivity (Wildman–Crippen MR) is 121 cm³/mol. The third-order valence-electron chi connectivity index (χ3n) is 5.35. The van der Waals surface area contributed by atoms with E-state index in [4.69, 9.17) is 9.47 Å². The van der Waals surface area contributed by atoms with Gasteiger partial charge < -0.3 is 19.7 Å². The van der Waals surface area contributed by atoms with Crippen LogP contribution in [-0.2, 0) is 16.0 Å². The molecule has 2 aliphatic rings. The molecule has 5 heteroatoms. The fraction of sp³-hybridized carbons (Fsp3) is 0.480. The molecule has 5 nitrogen and oxygen atoms in total. The van der Waals surface area contributed by atoms with Crippen molar-refractivity contribution in [2.75, 3.05) is 20.2 Å².